The lowest BCUT2D eigenvalue weighted by atomic mass is 9.68. The average Bonchev–Trinajstić information content (AvgIpc) is 2.41. The van der Waals surface area contributed by atoms with Crippen LogP contribution in [0.15, 0.2) is 25.3 Å². The van der Waals surface area contributed by atoms with Gasteiger partial charge in [0.15, 0.2) is 0 Å². The summed E-state index contributed by atoms with van der Waals surface area (Å²) < 4.78 is 0. The molecule has 0 radical (unpaired) electrons. The Balaban J connectivity index is -0.000000201. The average molecular weight is 343 g/mol. The summed E-state index contributed by atoms with van der Waals surface area (Å²) in [6.07, 6.45) is 18.6. The largest absolute Gasteiger partial charge is 0.103 e. The molecule has 0 aromatic heterocycles. The van der Waals surface area contributed by atoms with Gasteiger partial charge in [-0.15, -0.1) is 13.2 Å². The first-order valence-corrected chi connectivity index (χ1v) is 8.05. The van der Waals surface area contributed by atoms with Crippen LogP contribution in [-0.4, -0.2) is 0 Å². The van der Waals surface area contributed by atoms with Crippen LogP contribution in [0, 0.1) is 23.7 Å². The quantitative estimate of drug-likeness (QED) is 0.436. The minimum atomic E-state index is 0. The second kappa shape index (κ2) is 18.8. The van der Waals surface area contributed by atoms with E-state index in [-0.39, 0.29) is 44.6 Å². The van der Waals surface area contributed by atoms with Gasteiger partial charge in [-0.05, 0) is 87.9 Å². The molecule has 2 saturated carbocycles. The van der Waals surface area contributed by atoms with Gasteiger partial charge in [-0.25, -0.2) is 0 Å². The second-order valence-electron chi connectivity index (χ2n) is 6.61. The van der Waals surface area contributed by atoms with E-state index in [0.717, 1.165) is 23.7 Å². The fraction of sp³-hybridized carbons (Fsp3) is 0.833. The maximum atomic E-state index is 3.88. The van der Waals surface area contributed by atoms with E-state index in [1.165, 1.54) is 64.2 Å². The molecule has 2 aliphatic carbocycles. The molecule has 0 heterocycles. The molecule has 2 aliphatic rings. The van der Waals surface area contributed by atoms with Gasteiger partial charge in [0.25, 0.3) is 0 Å². The van der Waals surface area contributed by atoms with Crippen molar-refractivity contribution in [2.24, 2.45) is 23.7 Å². The monoisotopic (exact) mass is 342 g/mol. The Bertz CT molecular complexity index is 221. The third-order valence-corrected chi connectivity index (χ3v) is 5.45. The summed E-state index contributed by atoms with van der Waals surface area (Å²) in [6.45, 7) is 7.76. The van der Waals surface area contributed by atoms with E-state index in [0.29, 0.717) is 0 Å². The molecule has 150 valence electrons. The Morgan fingerprint density at radius 1 is 0.500 bits per heavy atom. The highest BCUT2D eigenvalue weighted by molar-refractivity contribution is 4.85. The molecule has 2 fully saturated rings. The highest BCUT2D eigenvalue weighted by Crippen LogP contribution is 2.42. The molecule has 0 heteroatoms. The SMILES string of the molecule is C.C.C.C.C.C.C=CCC1CCC(C2CCC(CC=C)CC2)CC1. The normalized spacial score (nSPS) is 27.8. The molecule has 0 atom stereocenters. The first-order chi connectivity index (χ1) is 8.83. The fourth-order valence-electron chi connectivity index (χ4n) is 4.26. The fourth-order valence-corrected chi connectivity index (χ4v) is 4.26. The molecule has 0 N–H and O–H groups in total. The molecule has 24 heavy (non-hydrogen) atoms. The Hall–Kier alpha value is -0.520. The van der Waals surface area contributed by atoms with Crippen molar-refractivity contribution in [2.45, 2.75) is 109 Å². The molecule has 2 rings (SSSR count). The van der Waals surface area contributed by atoms with Gasteiger partial charge in [0, 0.05) is 0 Å². The summed E-state index contributed by atoms with van der Waals surface area (Å²) in [5.74, 6) is 4.01. The van der Waals surface area contributed by atoms with Crippen LogP contribution in [0.25, 0.3) is 0 Å². The van der Waals surface area contributed by atoms with Crippen molar-refractivity contribution in [1.82, 2.24) is 0 Å². The Morgan fingerprint density at radius 3 is 0.958 bits per heavy atom. The summed E-state index contributed by atoms with van der Waals surface area (Å²) in [5.41, 5.74) is 0. The van der Waals surface area contributed by atoms with Gasteiger partial charge in [-0.1, -0.05) is 56.7 Å². The summed E-state index contributed by atoms with van der Waals surface area (Å²) in [4.78, 5) is 0. The van der Waals surface area contributed by atoms with Gasteiger partial charge in [0.1, 0.15) is 0 Å². The van der Waals surface area contributed by atoms with E-state index in [2.05, 4.69) is 25.3 Å². The zero-order chi connectivity index (χ0) is 12.8. The first kappa shape index (κ1) is 34.7. The number of rotatable bonds is 5. The molecule has 0 unspecified atom stereocenters. The molecule has 0 spiro atoms. The van der Waals surface area contributed by atoms with E-state index >= 15 is 0 Å². The zero-order valence-electron chi connectivity index (χ0n) is 11.9. The van der Waals surface area contributed by atoms with Crippen molar-refractivity contribution in [3.8, 4) is 0 Å². The van der Waals surface area contributed by atoms with E-state index in [9.17, 15) is 0 Å². The number of allylic oxidation sites excluding steroid dienone is 2. The van der Waals surface area contributed by atoms with Crippen LogP contribution in [0.5, 0.6) is 0 Å². The molecule has 0 amide bonds. The molecule has 0 aliphatic heterocycles. The first-order valence-electron chi connectivity index (χ1n) is 8.05. The lowest BCUT2D eigenvalue weighted by Crippen LogP contribution is -2.25. The summed E-state index contributed by atoms with van der Waals surface area (Å²) in [6, 6.07) is 0. The van der Waals surface area contributed by atoms with Gasteiger partial charge >= 0.3 is 0 Å². The van der Waals surface area contributed by atoms with Gasteiger partial charge in [-0.2, -0.15) is 0 Å². The van der Waals surface area contributed by atoms with Crippen LogP contribution in [0.2, 0.25) is 0 Å². The summed E-state index contributed by atoms with van der Waals surface area (Å²) in [5, 5.41) is 0. The maximum Gasteiger partial charge on any atom is -0.0325 e. The molecule has 0 saturated heterocycles. The predicted molar refractivity (Wildman–Crippen MR) is 121 cm³/mol. The van der Waals surface area contributed by atoms with Crippen LogP contribution < -0.4 is 0 Å². The third kappa shape index (κ3) is 10.4. The van der Waals surface area contributed by atoms with Crippen LogP contribution in [0.3, 0.4) is 0 Å². The molecule has 0 bridgehead atoms. The minimum absolute atomic E-state index is 0. The highest BCUT2D eigenvalue weighted by atomic mass is 14.4. The van der Waals surface area contributed by atoms with E-state index in [1.54, 1.807) is 0 Å². The van der Waals surface area contributed by atoms with Crippen LogP contribution in [-0.2, 0) is 0 Å². The summed E-state index contributed by atoms with van der Waals surface area (Å²) >= 11 is 0. The van der Waals surface area contributed by atoms with Gasteiger partial charge in [-0.3, -0.25) is 0 Å². The van der Waals surface area contributed by atoms with E-state index in [1.807, 2.05) is 0 Å². The van der Waals surface area contributed by atoms with Gasteiger partial charge in [0.05, 0.1) is 0 Å². The van der Waals surface area contributed by atoms with Crippen molar-refractivity contribution in [1.29, 1.82) is 0 Å². The number of hydrogen-bond acceptors (Lipinski definition) is 0. The molecular formula is C24H54. The molecular weight excluding hydrogens is 288 g/mol. The van der Waals surface area contributed by atoms with Crippen molar-refractivity contribution < 1.29 is 0 Å². The van der Waals surface area contributed by atoms with E-state index < -0.39 is 0 Å². The topological polar surface area (TPSA) is 0 Å². The second-order valence-corrected chi connectivity index (χ2v) is 6.61. The van der Waals surface area contributed by atoms with Crippen LogP contribution in [0.4, 0.5) is 0 Å². The van der Waals surface area contributed by atoms with E-state index in [4.69, 9.17) is 0 Å². The maximum absolute atomic E-state index is 3.88. The molecule has 0 aromatic rings. The van der Waals surface area contributed by atoms with Crippen molar-refractivity contribution >= 4 is 0 Å². The van der Waals surface area contributed by atoms with Gasteiger partial charge < -0.3 is 0 Å². The van der Waals surface area contributed by atoms with Crippen molar-refractivity contribution in [3.63, 3.8) is 0 Å². The Kier molecular flexibility index (Phi) is 27.2. The predicted octanol–water partition coefficient (Wildman–Crippen LogP) is 9.57. The zero-order valence-corrected chi connectivity index (χ0v) is 11.9. The molecule has 0 aromatic carbocycles. The Morgan fingerprint density at radius 2 is 0.750 bits per heavy atom. The highest BCUT2D eigenvalue weighted by Gasteiger charge is 2.30. The van der Waals surface area contributed by atoms with Crippen molar-refractivity contribution in [2.75, 3.05) is 0 Å². The summed E-state index contributed by atoms with van der Waals surface area (Å²) in [7, 11) is 0. The number of hydrogen-bond donors (Lipinski definition) is 0. The van der Waals surface area contributed by atoms with Crippen LogP contribution in [0.1, 0.15) is 109 Å². The lowest BCUT2D eigenvalue weighted by Gasteiger charge is -2.37. The minimum Gasteiger partial charge on any atom is -0.103 e. The Labute approximate surface area is 158 Å². The molecule has 0 nitrogen and oxygen atoms in total. The van der Waals surface area contributed by atoms with Crippen molar-refractivity contribution in [3.05, 3.63) is 25.3 Å². The van der Waals surface area contributed by atoms with Gasteiger partial charge in [0.2, 0.25) is 0 Å². The lowest BCUT2D eigenvalue weighted by molar-refractivity contribution is 0.147. The standard InChI is InChI=1S/C18H30.6CH4/c1-3-5-15-7-11-17(12-8-15)18-13-9-16(6-4-2)10-14-18;;;;;;/h3-4,15-18H,1-2,5-14H2;6*1H4. The third-order valence-electron chi connectivity index (χ3n) is 5.45. The smallest absolute Gasteiger partial charge is 0.0325 e. The van der Waals surface area contributed by atoms with Crippen LogP contribution >= 0.6 is 0 Å².